The minimum Gasteiger partial charge on any atom is -0.300 e. The van der Waals surface area contributed by atoms with Gasteiger partial charge in [-0.2, -0.15) is 0 Å². The Labute approximate surface area is 127 Å². The smallest absolute Gasteiger partial charge is 0.249 e. The third kappa shape index (κ3) is 3.42. The van der Waals surface area contributed by atoms with Crippen molar-refractivity contribution in [2.45, 2.75) is 76.8 Å². The summed E-state index contributed by atoms with van der Waals surface area (Å²) >= 11 is 0. The predicted octanol–water partition coefficient (Wildman–Crippen LogP) is 3.76. The van der Waals surface area contributed by atoms with Gasteiger partial charge < -0.3 is 9.80 Å². The van der Waals surface area contributed by atoms with Gasteiger partial charge in [0.2, 0.25) is 5.92 Å². The van der Waals surface area contributed by atoms with Gasteiger partial charge in [-0.25, -0.2) is 8.78 Å². The van der Waals surface area contributed by atoms with E-state index < -0.39 is 5.92 Å². The summed E-state index contributed by atoms with van der Waals surface area (Å²) in [5.74, 6) is -2.42. The fourth-order valence-corrected chi connectivity index (χ4v) is 4.64. The molecule has 3 rings (SSSR count). The SMILES string of the molecule is CC(C)N1CCC2(CCN([C@H]3CCCC(F)(F)C3)CC2)C1. The zero-order chi connectivity index (χ0) is 15.1. The number of likely N-dealkylation sites (tertiary alicyclic amines) is 2. The van der Waals surface area contributed by atoms with Crippen LogP contribution in [0, 0.1) is 5.41 Å². The summed E-state index contributed by atoms with van der Waals surface area (Å²) in [4.78, 5) is 4.96. The van der Waals surface area contributed by atoms with Crippen LogP contribution < -0.4 is 0 Å². The molecule has 1 saturated carbocycles. The summed E-state index contributed by atoms with van der Waals surface area (Å²) in [5, 5.41) is 0. The van der Waals surface area contributed by atoms with E-state index >= 15 is 0 Å². The minimum atomic E-state index is -2.42. The van der Waals surface area contributed by atoms with Crippen LogP contribution in [0.2, 0.25) is 0 Å². The average Bonchev–Trinajstić information content (AvgIpc) is 2.83. The average molecular weight is 300 g/mol. The minimum absolute atomic E-state index is 0.0954. The van der Waals surface area contributed by atoms with Gasteiger partial charge in [0.05, 0.1) is 0 Å². The third-order valence-electron chi connectivity index (χ3n) is 6.19. The first-order chi connectivity index (χ1) is 9.89. The van der Waals surface area contributed by atoms with Crippen molar-refractivity contribution in [1.82, 2.24) is 9.80 Å². The Hall–Kier alpha value is -0.220. The first-order valence-corrected chi connectivity index (χ1v) is 8.75. The highest BCUT2D eigenvalue weighted by molar-refractivity contribution is 4.96. The highest BCUT2D eigenvalue weighted by atomic mass is 19.3. The molecule has 21 heavy (non-hydrogen) atoms. The van der Waals surface area contributed by atoms with Crippen LogP contribution in [0.25, 0.3) is 0 Å². The Kier molecular flexibility index (Phi) is 4.30. The van der Waals surface area contributed by atoms with Gasteiger partial charge in [-0.3, -0.25) is 0 Å². The molecular weight excluding hydrogens is 270 g/mol. The second-order valence-corrected chi connectivity index (χ2v) is 7.96. The number of hydrogen-bond donors (Lipinski definition) is 0. The molecule has 4 heteroatoms. The first kappa shape index (κ1) is 15.7. The van der Waals surface area contributed by atoms with E-state index in [2.05, 4.69) is 23.6 Å². The number of piperidine rings is 1. The number of halogens is 2. The van der Waals surface area contributed by atoms with Crippen LogP contribution in [0.3, 0.4) is 0 Å². The van der Waals surface area contributed by atoms with Crippen LogP contribution in [0.1, 0.15) is 58.8 Å². The van der Waals surface area contributed by atoms with Crippen LogP contribution >= 0.6 is 0 Å². The van der Waals surface area contributed by atoms with Crippen molar-refractivity contribution in [3.05, 3.63) is 0 Å². The summed E-state index contributed by atoms with van der Waals surface area (Å²) < 4.78 is 27.2. The molecule has 0 bridgehead atoms. The van der Waals surface area contributed by atoms with E-state index in [9.17, 15) is 8.78 Å². The second kappa shape index (κ2) is 5.77. The van der Waals surface area contributed by atoms with Crippen molar-refractivity contribution < 1.29 is 8.78 Å². The summed E-state index contributed by atoms with van der Waals surface area (Å²) in [6.07, 6.45) is 5.58. The molecule has 0 aromatic heterocycles. The fraction of sp³-hybridized carbons (Fsp3) is 1.00. The Morgan fingerprint density at radius 2 is 1.67 bits per heavy atom. The quantitative estimate of drug-likeness (QED) is 0.766. The van der Waals surface area contributed by atoms with E-state index in [-0.39, 0.29) is 18.9 Å². The van der Waals surface area contributed by atoms with E-state index in [1.807, 2.05) is 0 Å². The molecule has 0 radical (unpaired) electrons. The highest BCUT2D eigenvalue weighted by Crippen LogP contribution is 2.43. The number of rotatable bonds is 2. The Bertz CT molecular complexity index is 362. The third-order valence-corrected chi connectivity index (χ3v) is 6.19. The molecule has 1 atom stereocenters. The van der Waals surface area contributed by atoms with Gasteiger partial charge in [0.15, 0.2) is 0 Å². The van der Waals surface area contributed by atoms with Gasteiger partial charge >= 0.3 is 0 Å². The van der Waals surface area contributed by atoms with Crippen LogP contribution in [0.4, 0.5) is 8.78 Å². The lowest BCUT2D eigenvalue weighted by Gasteiger charge is -2.45. The Balaban J connectivity index is 1.54. The monoisotopic (exact) mass is 300 g/mol. The summed E-state index contributed by atoms with van der Waals surface area (Å²) in [6.45, 7) is 9.06. The molecule has 2 aliphatic heterocycles. The topological polar surface area (TPSA) is 6.48 Å². The molecule has 2 nitrogen and oxygen atoms in total. The number of alkyl halides is 2. The van der Waals surface area contributed by atoms with Crippen molar-refractivity contribution in [2.24, 2.45) is 5.41 Å². The van der Waals surface area contributed by atoms with E-state index in [4.69, 9.17) is 0 Å². The van der Waals surface area contributed by atoms with Crippen molar-refractivity contribution in [3.8, 4) is 0 Å². The van der Waals surface area contributed by atoms with Crippen LogP contribution in [-0.2, 0) is 0 Å². The van der Waals surface area contributed by atoms with Crippen LogP contribution in [0.5, 0.6) is 0 Å². The van der Waals surface area contributed by atoms with E-state index in [1.165, 1.54) is 32.4 Å². The Morgan fingerprint density at radius 1 is 1.00 bits per heavy atom. The number of nitrogens with zero attached hydrogens (tertiary/aromatic N) is 2. The van der Waals surface area contributed by atoms with Crippen molar-refractivity contribution in [1.29, 1.82) is 0 Å². The maximum Gasteiger partial charge on any atom is 0.249 e. The molecule has 0 unspecified atom stereocenters. The second-order valence-electron chi connectivity index (χ2n) is 7.96. The maximum atomic E-state index is 13.6. The zero-order valence-corrected chi connectivity index (χ0v) is 13.6. The fourth-order valence-electron chi connectivity index (χ4n) is 4.64. The van der Waals surface area contributed by atoms with Gasteiger partial charge in [0.25, 0.3) is 0 Å². The first-order valence-electron chi connectivity index (χ1n) is 8.75. The maximum absolute atomic E-state index is 13.6. The lowest BCUT2D eigenvalue weighted by Crippen LogP contribution is -2.49. The predicted molar refractivity (Wildman–Crippen MR) is 81.8 cm³/mol. The van der Waals surface area contributed by atoms with Crippen molar-refractivity contribution in [3.63, 3.8) is 0 Å². The van der Waals surface area contributed by atoms with Crippen molar-refractivity contribution >= 4 is 0 Å². The van der Waals surface area contributed by atoms with E-state index in [1.54, 1.807) is 0 Å². The van der Waals surface area contributed by atoms with Gasteiger partial charge in [-0.1, -0.05) is 0 Å². The molecule has 0 N–H and O–H groups in total. The van der Waals surface area contributed by atoms with Gasteiger partial charge in [-0.05, 0) is 71.0 Å². The molecule has 0 amide bonds. The molecule has 0 aromatic carbocycles. The molecule has 0 aromatic rings. The van der Waals surface area contributed by atoms with Gasteiger partial charge in [-0.15, -0.1) is 0 Å². The molecule has 3 aliphatic rings. The normalized spacial score (nSPS) is 33.9. The van der Waals surface area contributed by atoms with Crippen LogP contribution in [-0.4, -0.2) is 54.0 Å². The summed E-state index contributed by atoms with van der Waals surface area (Å²) in [7, 11) is 0. The lowest BCUT2D eigenvalue weighted by molar-refractivity contribution is -0.0708. The lowest BCUT2D eigenvalue weighted by atomic mass is 9.76. The Morgan fingerprint density at radius 3 is 2.24 bits per heavy atom. The zero-order valence-electron chi connectivity index (χ0n) is 13.6. The molecule has 2 heterocycles. The molecule has 3 fully saturated rings. The summed E-state index contributed by atoms with van der Waals surface area (Å²) in [6, 6.07) is 0.771. The summed E-state index contributed by atoms with van der Waals surface area (Å²) in [5.41, 5.74) is 0.484. The largest absolute Gasteiger partial charge is 0.300 e. The number of hydrogen-bond acceptors (Lipinski definition) is 2. The van der Waals surface area contributed by atoms with Gasteiger partial charge in [0.1, 0.15) is 0 Å². The van der Waals surface area contributed by atoms with E-state index in [0.29, 0.717) is 17.9 Å². The molecule has 1 spiro atoms. The molecular formula is C17H30F2N2. The van der Waals surface area contributed by atoms with Crippen molar-refractivity contribution in [2.75, 3.05) is 26.2 Å². The van der Waals surface area contributed by atoms with Crippen LogP contribution in [0.15, 0.2) is 0 Å². The molecule has 122 valence electrons. The van der Waals surface area contributed by atoms with Gasteiger partial charge in [0, 0.05) is 31.5 Å². The molecule has 1 aliphatic carbocycles. The highest BCUT2D eigenvalue weighted by Gasteiger charge is 2.44. The van der Waals surface area contributed by atoms with E-state index in [0.717, 1.165) is 19.5 Å². The molecule has 2 saturated heterocycles. The standard InChI is InChI=1S/C17H30F2N2/c1-14(2)21-11-8-16(13-21)6-9-20(10-7-16)15-4-3-5-17(18,19)12-15/h14-15H,3-13H2,1-2H3/t15-/m0/s1.